The van der Waals surface area contributed by atoms with E-state index in [9.17, 15) is 4.79 Å². The molecule has 0 unspecified atom stereocenters. The monoisotopic (exact) mass is 255 g/mol. The molecule has 2 amide bonds. The van der Waals surface area contributed by atoms with E-state index in [4.69, 9.17) is 11.6 Å². The number of carbonyl (C=O) groups excluding carboxylic acids is 1. The normalized spacial score (nSPS) is 10.1. The predicted octanol–water partition coefficient (Wildman–Crippen LogP) is 2.64. The van der Waals surface area contributed by atoms with Gasteiger partial charge in [0.25, 0.3) is 0 Å². The number of halogens is 1. The molecular weight excluding hydrogens is 238 g/mol. The molecule has 0 spiro atoms. The van der Waals surface area contributed by atoms with Gasteiger partial charge in [-0.2, -0.15) is 0 Å². The lowest BCUT2D eigenvalue weighted by molar-refractivity contribution is 0.240. The van der Waals surface area contributed by atoms with Crippen molar-refractivity contribution in [3.63, 3.8) is 0 Å². The molecule has 0 saturated heterocycles. The summed E-state index contributed by atoms with van der Waals surface area (Å²) in [7, 11) is 0. The first-order valence-electron chi connectivity index (χ1n) is 5.76. The highest BCUT2D eigenvalue weighted by molar-refractivity contribution is 6.29. The molecule has 0 atom stereocenters. The van der Waals surface area contributed by atoms with Crippen LogP contribution >= 0.6 is 11.6 Å². The highest BCUT2D eigenvalue weighted by Crippen LogP contribution is 2.09. The molecule has 17 heavy (non-hydrogen) atoms. The third-order valence-electron chi connectivity index (χ3n) is 2.25. The second-order valence-corrected chi connectivity index (χ2v) is 4.29. The number of carbonyl (C=O) groups is 1. The van der Waals surface area contributed by atoms with Crippen LogP contribution in [0.15, 0.2) is 12.1 Å². The highest BCUT2D eigenvalue weighted by Gasteiger charge is 2.01. The molecule has 1 aromatic heterocycles. The van der Waals surface area contributed by atoms with Crippen molar-refractivity contribution in [2.45, 2.75) is 33.2 Å². The van der Waals surface area contributed by atoms with Crippen molar-refractivity contribution in [3.8, 4) is 0 Å². The summed E-state index contributed by atoms with van der Waals surface area (Å²) >= 11 is 5.83. The van der Waals surface area contributed by atoms with Gasteiger partial charge in [0.05, 0.1) is 0 Å². The fourth-order valence-corrected chi connectivity index (χ4v) is 1.70. The molecule has 0 aliphatic heterocycles. The molecule has 0 aromatic carbocycles. The molecule has 5 heteroatoms. The maximum absolute atomic E-state index is 11.4. The van der Waals surface area contributed by atoms with Crippen LogP contribution in [0, 0.1) is 6.92 Å². The first-order chi connectivity index (χ1) is 8.11. The molecule has 2 N–H and O–H groups in total. The van der Waals surface area contributed by atoms with Crippen molar-refractivity contribution in [2.24, 2.45) is 0 Å². The number of pyridine rings is 1. The van der Waals surface area contributed by atoms with Gasteiger partial charge in [0.2, 0.25) is 0 Å². The fraction of sp³-hybridized carbons (Fsp3) is 0.500. The third-order valence-corrected chi connectivity index (χ3v) is 2.44. The predicted molar refractivity (Wildman–Crippen MR) is 69.1 cm³/mol. The van der Waals surface area contributed by atoms with Crippen molar-refractivity contribution >= 4 is 17.6 Å². The molecule has 0 saturated carbocycles. The van der Waals surface area contributed by atoms with Gasteiger partial charge in [-0.1, -0.05) is 24.9 Å². The molecule has 0 aliphatic carbocycles. The largest absolute Gasteiger partial charge is 0.338 e. The minimum atomic E-state index is -0.149. The number of hydrogen-bond donors (Lipinski definition) is 2. The van der Waals surface area contributed by atoms with Gasteiger partial charge in [-0.25, -0.2) is 9.78 Å². The Hall–Kier alpha value is -1.29. The second-order valence-electron chi connectivity index (χ2n) is 3.90. The van der Waals surface area contributed by atoms with Crippen LogP contribution in [0.4, 0.5) is 4.79 Å². The molecular formula is C12H18ClN3O. The average molecular weight is 256 g/mol. The van der Waals surface area contributed by atoms with E-state index in [0.717, 1.165) is 24.1 Å². The zero-order valence-electron chi connectivity index (χ0n) is 10.2. The molecule has 1 heterocycles. The van der Waals surface area contributed by atoms with Crippen LogP contribution in [-0.2, 0) is 6.54 Å². The molecule has 0 aliphatic rings. The van der Waals surface area contributed by atoms with Crippen molar-refractivity contribution < 1.29 is 4.79 Å². The number of nitrogens with zero attached hydrogens (tertiary/aromatic N) is 1. The number of urea groups is 1. The van der Waals surface area contributed by atoms with Gasteiger partial charge in [0, 0.05) is 18.8 Å². The van der Waals surface area contributed by atoms with Gasteiger partial charge in [0.1, 0.15) is 5.15 Å². The first-order valence-corrected chi connectivity index (χ1v) is 6.14. The van der Waals surface area contributed by atoms with Gasteiger partial charge in [-0.15, -0.1) is 0 Å². The van der Waals surface area contributed by atoms with Gasteiger partial charge >= 0.3 is 6.03 Å². The molecule has 1 rings (SSSR count). The average Bonchev–Trinajstić information content (AvgIpc) is 2.25. The zero-order chi connectivity index (χ0) is 12.7. The van der Waals surface area contributed by atoms with Crippen molar-refractivity contribution in [1.82, 2.24) is 15.6 Å². The van der Waals surface area contributed by atoms with Crippen molar-refractivity contribution in [3.05, 3.63) is 28.5 Å². The Labute approximate surface area is 107 Å². The van der Waals surface area contributed by atoms with E-state index in [1.54, 1.807) is 6.07 Å². The van der Waals surface area contributed by atoms with E-state index in [1.807, 2.05) is 13.0 Å². The molecule has 1 aromatic rings. The van der Waals surface area contributed by atoms with Crippen molar-refractivity contribution in [1.29, 1.82) is 0 Å². The number of nitrogens with one attached hydrogen (secondary N) is 2. The number of amides is 2. The molecule has 0 fully saturated rings. The summed E-state index contributed by atoms with van der Waals surface area (Å²) in [5.74, 6) is 0. The lowest BCUT2D eigenvalue weighted by Gasteiger charge is -2.07. The lowest BCUT2D eigenvalue weighted by atomic mass is 10.2. The van der Waals surface area contributed by atoms with Crippen LogP contribution in [-0.4, -0.2) is 17.6 Å². The summed E-state index contributed by atoms with van der Waals surface area (Å²) in [6.07, 6.45) is 2.06. The van der Waals surface area contributed by atoms with E-state index in [2.05, 4.69) is 22.5 Å². The SMILES string of the molecule is CCCCNC(=O)NCc1cc(C)nc(Cl)c1. The summed E-state index contributed by atoms with van der Waals surface area (Å²) in [6.45, 7) is 5.12. The number of aryl methyl sites for hydroxylation is 1. The van der Waals surface area contributed by atoms with Gasteiger partial charge in [0.15, 0.2) is 0 Å². The molecule has 0 radical (unpaired) electrons. The maximum Gasteiger partial charge on any atom is 0.315 e. The third kappa shape index (κ3) is 5.54. The quantitative estimate of drug-likeness (QED) is 0.628. The topological polar surface area (TPSA) is 54.0 Å². The van der Waals surface area contributed by atoms with Crippen LogP contribution in [0.3, 0.4) is 0 Å². The van der Waals surface area contributed by atoms with Gasteiger partial charge < -0.3 is 10.6 Å². The standard InChI is InChI=1S/C12H18ClN3O/c1-3-4-5-14-12(17)15-8-10-6-9(2)16-11(13)7-10/h6-7H,3-5,8H2,1-2H3,(H2,14,15,17). The van der Waals surface area contributed by atoms with E-state index in [1.165, 1.54) is 0 Å². The summed E-state index contributed by atoms with van der Waals surface area (Å²) in [4.78, 5) is 15.4. The number of rotatable bonds is 5. The zero-order valence-corrected chi connectivity index (χ0v) is 11.0. The lowest BCUT2D eigenvalue weighted by Crippen LogP contribution is -2.35. The van der Waals surface area contributed by atoms with Crippen molar-refractivity contribution in [2.75, 3.05) is 6.54 Å². The summed E-state index contributed by atoms with van der Waals surface area (Å²) in [5.41, 5.74) is 1.80. The van der Waals surface area contributed by atoms with Crippen LogP contribution in [0.2, 0.25) is 5.15 Å². The minimum absolute atomic E-state index is 0.149. The molecule has 0 bridgehead atoms. The fourth-order valence-electron chi connectivity index (χ4n) is 1.42. The Morgan fingerprint density at radius 1 is 1.41 bits per heavy atom. The molecule has 94 valence electrons. The number of unbranched alkanes of at least 4 members (excludes halogenated alkanes) is 1. The summed E-state index contributed by atoms with van der Waals surface area (Å²) < 4.78 is 0. The number of hydrogen-bond acceptors (Lipinski definition) is 2. The Morgan fingerprint density at radius 2 is 2.18 bits per heavy atom. The van der Waals surface area contributed by atoms with Gasteiger partial charge in [-0.3, -0.25) is 0 Å². The Morgan fingerprint density at radius 3 is 2.82 bits per heavy atom. The van der Waals surface area contributed by atoms with E-state index >= 15 is 0 Å². The van der Waals surface area contributed by atoms with Crippen LogP contribution in [0.5, 0.6) is 0 Å². The van der Waals surface area contributed by atoms with Gasteiger partial charge in [-0.05, 0) is 31.0 Å². The van der Waals surface area contributed by atoms with E-state index in [0.29, 0.717) is 18.2 Å². The van der Waals surface area contributed by atoms with Crippen LogP contribution in [0.1, 0.15) is 31.0 Å². The van der Waals surface area contributed by atoms with Crippen LogP contribution < -0.4 is 10.6 Å². The van der Waals surface area contributed by atoms with E-state index in [-0.39, 0.29) is 6.03 Å². The Bertz CT molecular complexity index is 362. The minimum Gasteiger partial charge on any atom is -0.338 e. The maximum atomic E-state index is 11.4. The Kier molecular flexibility index (Phi) is 5.77. The number of aromatic nitrogens is 1. The van der Waals surface area contributed by atoms with Crippen LogP contribution in [0.25, 0.3) is 0 Å². The van der Waals surface area contributed by atoms with E-state index < -0.39 is 0 Å². The first kappa shape index (κ1) is 13.8. The highest BCUT2D eigenvalue weighted by atomic mass is 35.5. The molecule has 4 nitrogen and oxygen atoms in total. The second kappa shape index (κ2) is 7.12. The smallest absolute Gasteiger partial charge is 0.315 e. The summed E-state index contributed by atoms with van der Waals surface area (Å²) in [6, 6.07) is 3.50. The summed E-state index contributed by atoms with van der Waals surface area (Å²) in [5, 5.41) is 6.01. The Balaban J connectivity index is 2.36.